The minimum Gasteiger partial charge on any atom is -0.412 e. The molecule has 0 spiro atoms. The molecule has 0 saturated carbocycles. The zero-order valence-electron chi connectivity index (χ0n) is 5.78. The van der Waals surface area contributed by atoms with Crippen LogP contribution in [-0.4, -0.2) is 25.2 Å². The molecular formula is C4H7N2O5P. The first-order valence-corrected chi connectivity index (χ1v) is 4.12. The maximum atomic E-state index is 10.2. The number of rotatable bonds is 2. The number of aromatic nitrogens is 2. The van der Waals surface area contributed by atoms with Crippen LogP contribution in [0.25, 0.3) is 0 Å². The van der Waals surface area contributed by atoms with Crippen molar-refractivity contribution in [2.75, 3.05) is 0 Å². The third-order valence-electron chi connectivity index (χ3n) is 0.752. The van der Waals surface area contributed by atoms with Crippen LogP contribution in [0.2, 0.25) is 0 Å². The van der Waals surface area contributed by atoms with E-state index in [9.17, 15) is 4.57 Å². The number of hydrogen-bond donors (Lipinski definition) is 2. The van der Waals surface area contributed by atoms with Crippen LogP contribution >= 0.6 is 7.82 Å². The molecule has 1 rings (SSSR count). The van der Waals surface area contributed by atoms with Crippen LogP contribution in [0.1, 0.15) is 0 Å². The first-order valence-electron chi connectivity index (χ1n) is 2.59. The predicted octanol–water partition coefficient (Wildman–Crippen LogP) is -0.877. The SMILES string of the molecule is O.O=P(O)(O)Oc1cnccn1. The molecule has 0 saturated heterocycles. The van der Waals surface area contributed by atoms with E-state index >= 15 is 0 Å². The Morgan fingerprint density at radius 2 is 2.08 bits per heavy atom. The van der Waals surface area contributed by atoms with Crippen LogP contribution in [0, 0.1) is 0 Å². The van der Waals surface area contributed by atoms with Crippen LogP contribution in [0.4, 0.5) is 0 Å². The molecule has 0 radical (unpaired) electrons. The molecule has 0 amide bonds. The van der Waals surface area contributed by atoms with E-state index in [1.54, 1.807) is 0 Å². The van der Waals surface area contributed by atoms with Gasteiger partial charge in [0.25, 0.3) is 0 Å². The van der Waals surface area contributed by atoms with Crippen LogP contribution in [0.3, 0.4) is 0 Å². The molecule has 0 bridgehead atoms. The Hall–Kier alpha value is -1.01. The fourth-order valence-electron chi connectivity index (χ4n) is 0.454. The van der Waals surface area contributed by atoms with Gasteiger partial charge in [0, 0.05) is 12.4 Å². The summed E-state index contributed by atoms with van der Waals surface area (Å²) in [6, 6.07) is 0. The minimum absolute atomic E-state index is 0. The fraction of sp³-hybridized carbons (Fsp3) is 0. The lowest BCUT2D eigenvalue weighted by atomic mass is 10.7. The summed E-state index contributed by atoms with van der Waals surface area (Å²) in [5.74, 6) is -0.194. The van der Waals surface area contributed by atoms with Gasteiger partial charge in [0.2, 0.25) is 5.88 Å². The van der Waals surface area contributed by atoms with Crippen molar-refractivity contribution in [1.82, 2.24) is 9.97 Å². The van der Waals surface area contributed by atoms with Gasteiger partial charge in [-0.15, -0.1) is 0 Å². The van der Waals surface area contributed by atoms with Gasteiger partial charge in [-0.1, -0.05) is 0 Å². The molecule has 0 fully saturated rings. The van der Waals surface area contributed by atoms with E-state index in [4.69, 9.17) is 9.79 Å². The first kappa shape index (κ1) is 11.0. The molecule has 0 aliphatic carbocycles. The molecule has 0 unspecified atom stereocenters. The average molecular weight is 194 g/mol. The van der Waals surface area contributed by atoms with Crippen molar-refractivity contribution in [3.8, 4) is 5.88 Å². The third-order valence-corrected chi connectivity index (χ3v) is 1.18. The summed E-state index contributed by atoms with van der Waals surface area (Å²) in [6.45, 7) is 0. The van der Waals surface area contributed by atoms with Gasteiger partial charge in [0.05, 0.1) is 6.20 Å². The lowest BCUT2D eigenvalue weighted by Crippen LogP contribution is -1.92. The van der Waals surface area contributed by atoms with Gasteiger partial charge in [-0.05, 0) is 0 Å². The minimum atomic E-state index is -4.49. The molecule has 1 aromatic heterocycles. The highest BCUT2D eigenvalue weighted by Gasteiger charge is 2.16. The summed E-state index contributed by atoms with van der Waals surface area (Å²) in [4.78, 5) is 23.6. The second-order valence-electron chi connectivity index (χ2n) is 1.63. The molecule has 0 aromatic carbocycles. The van der Waals surface area contributed by atoms with Crippen molar-refractivity contribution in [3.63, 3.8) is 0 Å². The van der Waals surface area contributed by atoms with Gasteiger partial charge in [-0.25, -0.2) is 9.55 Å². The summed E-state index contributed by atoms with van der Waals surface area (Å²) >= 11 is 0. The zero-order valence-corrected chi connectivity index (χ0v) is 6.68. The van der Waals surface area contributed by atoms with Crippen LogP contribution < -0.4 is 4.52 Å². The monoisotopic (exact) mass is 194 g/mol. The topological polar surface area (TPSA) is 124 Å². The second-order valence-corrected chi connectivity index (χ2v) is 2.79. The fourth-order valence-corrected chi connectivity index (χ4v) is 0.792. The Balaban J connectivity index is 0.00000121. The molecule has 0 aliphatic rings. The van der Waals surface area contributed by atoms with E-state index in [-0.39, 0.29) is 11.4 Å². The Bertz CT molecular complexity index is 272. The normalized spacial score (nSPS) is 10.2. The largest absolute Gasteiger partial charge is 0.526 e. The van der Waals surface area contributed by atoms with E-state index in [0.29, 0.717) is 0 Å². The molecule has 12 heavy (non-hydrogen) atoms. The first-order chi connectivity index (χ1) is 5.08. The maximum Gasteiger partial charge on any atom is 0.526 e. The lowest BCUT2D eigenvalue weighted by Gasteiger charge is -2.02. The van der Waals surface area contributed by atoms with E-state index in [2.05, 4.69) is 14.5 Å². The Labute approximate surface area is 67.6 Å². The molecule has 1 heterocycles. The van der Waals surface area contributed by atoms with E-state index in [1.807, 2.05) is 0 Å². The average Bonchev–Trinajstić information content (AvgIpc) is 1.85. The van der Waals surface area contributed by atoms with Crippen molar-refractivity contribution >= 4 is 7.82 Å². The highest BCUT2D eigenvalue weighted by molar-refractivity contribution is 7.46. The van der Waals surface area contributed by atoms with Crippen molar-refractivity contribution in [2.45, 2.75) is 0 Å². The van der Waals surface area contributed by atoms with Gasteiger partial charge in [0.1, 0.15) is 0 Å². The number of phosphoric acid groups is 1. The Morgan fingerprint density at radius 3 is 2.50 bits per heavy atom. The molecule has 0 atom stereocenters. The van der Waals surface area contributed by atoms with Crippen molar-refractivity contribution in [2.24, 2.45) is 0 Å². The van der Waals surface area contributed by atoms with Crippen molar-refractivity contribution in [3.05, 3.63) is 18.6 Å². The van der Waals surface area contributed by atoms with Gasteiger partial charge in [-0.3, -0.25) is 14.8 Å². The summed E-state index contributed by atoms with van der Waals surface area (Å²) in [7, 11) is -4.49. The van der Waals surface area contributed by atoms with Gasteiger partial charge < -0.3 is 10.00 Å². The number of nitrogens with zero attached hydrogens (tertiary/aromatic N) is 2. The summed E-state index contributed by atoms with van der Waals surface area (Å²) in [5.41, 5.74) is 0. The van der Waals surface area contributed by atoms with E-state index < -0.39 is 7.82 Å². The molecular weight excluding hydrogens is 187 g/mol. The number of phosphoric ester groups is 1. The quantitative estimate of drug-likeness (QED) is 0.589. The molecule has 0 aliphatic heterocycles. The molecule has 8 heteroatoms. The smallest absolute Gasteiger partial charge is 0.412 e. The summed E-state index contributed by atoms with van der Waals surface area (Å²) in [5, 5.41) is 0. The molecule has 1 aromatic rings. The highest BCUT2D eigenvalue weighted by atomic mass is 31.2. The van der Waals surface area contributed by atoms with Gasteiger partial charge >= 0.3 is 7.82 Å². The standard InChI is InChI=1S/C4H5N2O4P.H2O/c7-11(8,9)10-4-3-5-1-2-6-4;/h1-3H,(H2,7,8,9);1H2. The van der Waals surface area contributed by atoms with Crippen LogP contribution in [-0.2, 0) is 4.57 Å². The highest BCUT2D eigenvalue weighted by Crippen LogP contribution is 2.35. The van der Waals surface area contributed by atoms with Crippen LogP contribution in [0.15, 0.2) is 18.6 Å². The second kappa shape index (κ2) is 4.13. The number of hydrogen-bond acceptors (Lipinski definition) is 4. The van der Waals surface area contributed by atoms with Gasteiger partial charge in [-0.2, -0.15) is 0 Å². The van der Waals surface area contributed by atoms with Crippen molar-refractivity contribution in [1.29, 1.82) is 0 Å². The predicted molar refractivity (Wildman–Crippen MR) is 38.3 cm³/mol. The molecule has 68 valence electrons. The Kier molecular flexibility index (Phi) is 3.78. The molecule has 4 N–H and O–H groups in total. The van der Waals surface area contributed by atoms with E-state index in [0.717, 1.165) is 6.20 Å². The zero-order chi connectivity index (χ0) is 8.32. The summed E-state index contributed by atoms with van der Waals surface area (Å²) in [6.07, 6.45) is 3.75. The van der Waals surface area contributed by atoms with Crippen molar-refractivity contribution < 1.29 is 24.4 Å². The summed E-state index contributed by atoms with van der Waals surface area (Å²) < 4.78 is 14.3. The van der Waals surface area contributed by atoms with Gasteiger partial charge in [0.15, 0.2) is 0 Å². The lowest BCUT2D eigenvalue weighted by molar-refractivity contribution is 0.279. The molecule has 7 nitrogen and oxygen atoms in total. The van der Waals surface area contributed by atoms with E-state index in [1.165, 1.54) is 12.4 Å². The maximum absolute atomic E-state index is 10.2. The van der Waals surface area contributed by atoms with Crippen LogP contribution in [0.5, 0.6) is 5.88 Å². The third kappa shape index (κ3) is 3.99. The Morgan fingerprint density at radius 1 is 1.42 bits per heavy atom.